The van der Waals surface area contributed by atoms with Crippen molar-refractivity contribution in [2.75, 3.05) is 5.32 Å². The molecule has 0 bridgehead atoms. The Labute approximate surface area is 175 Å². The number of carbonyl (C=O) groups is 1. The summed E-state index contributed by atoms with van der Waals surface area (Å²) < 4.78 is 15.2. The number of rotatable bonds is 7. The Morgan fingerprint density at radius 3 is 2.37 bits per heavy atom. The van der Waals surface area contributed by atoms with Crippen molar-refractivity contribution >= 4 is 22.6 Å². The smallest absolute Gasteiger partial charge is 0.228 e. The molecule has 152 valence electrons. The SMILES string of the molecule is CCn1c(CCc2ccc(NC(=O)Cc3ccc(F)cc3)cc2)nc2ccccc21. The number of anilines is 1. The van der Waals surface area contributed by atoms with Crippen LogP contribution in [-0.2, 0) is 30.6 Å². The number of amides is 1. The number of hydrogen-bond acceptors (Lipinski definition) is 2. The van der Waals surface area contributed by atoms with Crippen molar-refractivity contribution in [3.63, 3.8) is 0 Å². The topological polar surface area (TPSA) is 46.9 Å². The lowest BCUT2D eigenvalue weighted by Gasteiger charge is -2.08. The van der Waals surface area contributed by atoms with Crippen LogP contribution in [0.25, 0.3) is 11.0 Å². The van der Waals surface area contributed by atoms with Crippen molar-refractivity contribution in [2.45, 2.75) is 32.7 Å². The minimum absolute atomic E-state index is 0.119. The summed E-state index contributed by atoms with van der Waals surface area (Å²) in [5, 5.41) is 2.89. The van der Waals surface area contributed by atoms with E-state index in [2.05, 4.69) is 28.9 Å². The molecule has 0 aliphatic rings. The second kappa shape index (κ2) is 8.91. The number of aryl methyl sites for hydroxylation is 3. The normalized spacial score (nSPS) is 11.0. The molecule has 1 heterocycles. The maximum absolute atomic E-state index is 13.0. The molecule has 0 spiro atoms. The van der Waals surface area contributed by atoms with E-state index in [0.29, 0.717) is 0 Å². The van der Waals surface area contributed by atoms with Gasteiger partial charge in [0, 0.05) is 18.7 Å². The van der Waals surface area contributed by atoms with E-state index in [4.69, 9.17) is 4.98 Å². The molecule has 4 rings (SSSR count). The molecule has 0 radical (unpaired) electrons. The highest BCUT2D eigenvalue weighted by Crippen LogP contribution is 2.18. The number of halogens is 1. The van der Waals surface area contributed by atoms with Crippen LogP contribution >= 0.6 is 0 Å². The van der Waals surface area contributed by atoms with Crippen molar-refractivity contribution < 1.29 is 9.18 Å². The molecule has 0 unspecified atom stereocenters. The molecular formula is C25H24FN3O. The van der Waals surface area contributed by atoms with Gasteiger partial charge in [0.25, 0.3) is 0 Å². The third-order valence-electron chi connectivity index (χ3n) is 5.20. The molecule has 1 N–H and O–H groups in total. The molecule has 1 aromatic heterocycles. The zero-order chi connectivity index (χ0) is 20.9. The van der Waals surface area contributed by atoms with Gasteiger partial charge in [0.05, 0.1) is 17.5 Å². The number of benzene rings is 3. The molecule has 0 saturated heterocycles. The van der Waals surface area contributed by atoms with Gasteiger partial charge in [0.15, 0.2) is 0 Å². The Kier molecular flexibility index (Phi) is 5.89. The van der Waals surface area contributed by atoms with Crippen molar-refractivity contribution in [2.24, 2.45) is 0 Å². The number of imidazole rings is 1. The highest BCUT2D eigenvalue weighted by molar-refractivity contribution is 5.92. The van der Waals surface area contributed by atoms with Crippen LogP contribution in [0.5, 0.6) is 0 Å². The van der Waals surface area contributed by atoms with Crippen molar-refractivity contribution in [3.8, 4) is 0 Å². The molecule has 4 nitrogen and oxygen atoms in total. The van der Waals surface area contributed by atoms with E-state index in [0.717, 1.165) is 42.0 Å². The Morgan fingerprint density at radius 2 is 1.63 bits per heavy atom. The highest BCUT2D eigenvalue weighted by atomic mass is 19.1. The Morgan fingerprint density at radius 1 is 0.933 bits per heavy atom. The minimum Gasteiger partial charge on any atom is -0.328 e. The number of carbonyl (C=O) groups excluding carboxylic acids is 1. The molecule has 30 heavy (non-hydrogen) atoms. The van der Waals surface area contributed by atoms with Gasteiger partial charge in [-0.1, -0.05) is 36.4 Å². The lowest BCUT2D eigenvalue weighted by atomic mass is 10.1. The first kappa shape index (κ1) is 19.8. The van der Waals surface area contributed by atoms with E-state index < -0.39 is 0 Å². The number of aromatic nitrogens is 2. The largest absolute Gasteiger partial charge is 0.328 e. The fourth-order valence-electron chi connectivity index (χ4n) is 3.67. The van der Waals surface area contributed by atoms with Crippen LogP contribution < -0.4 is 5.32 Å². The second-order valence-corrected chi connectivity index (χ2v) is 7.31. The first-order valence-electron chi connectivity index (χ1n) is 10.2. The van der Waals surface area contributed by atoms with E-state index in [1.165, 1.54) is 23.2 Å². The number of fused-ring (bicyclic) bond motifs is 1. The van der Waals surface area contributed by atoms with Crippen LogP contribution in [0.3, 0.4) is 0 Å². The van der Waals surface area contributed by atoms with Crippen LogP contribution in [-0.4, -0.2) is 15.5 Å². The van der Waals surface area contributed by atoms with Crippen LogP contribution in [0, 0.1) is 5.82 Å². The third-order valence-corrected chi connectivity index (χ3v) is 5.20. The Hall–Kier alpha value is -3.47. The van der Waals surface area contributed by atoms with Crippen molar-refractivity contribution in [3.05, 3.63) is 95.6 Å². The van der Waals surface area contributed by atoms with Crippen molar-refractivity contribution in [1.29, 1.82) is 0 Å². The summed E-state index contributed by atoms with van der Waals surface area (Å²) in [5.74, 6) is 0.672. The van der Waals surface area contributed by atoms with Gasteiger partial charge in [-0.05, 0) is 60.9 Å². The fourth-order valence-corrected chi connectivity index (χ4v) is 3.67. The molecule has 0 atom stereocenters. The summed E-state index contributed by atoms with van der Waals surface area (Å²) in [5.41, 5.74) is 4.94. The maximum Gasteiger partial charge on any atom is 0.228 e. The van der Waals surface area contributed by atoms with Gasteiger partial charge in [-0.15, -0.1) is 0 Å². The van der Waals surface area contributed by atoms with E-state index in [-0.39, 0.29) is 18.1 Å². The summed E-state index contributed by atoms with van der Waals surface area (Å²) in [4.78, 5) is 17.0. The lowest BCUT2D eigenvalue weighted by Crippen LogP contribution is -2.14. The highest BCUT2D eigenvalue weighted by Gasteiger charge is 2.09. The fraction of sp³-hybridized carbons (Fsp3) is 0.200. The average molecular weight is 401 g/mol. The molecule has 0 saturated carbocycles. The van der Waals surface area contributed by atoms with E-state index in [1.54, 1.807) is 12.1 Å². The zero-order valence-corrected chi connectivity index (χ0v) is 16.9. The van der Waals surface area contributed by atoms with E-state index in [9.17, 15) is 9.18 Å². The monoisotopic (exact) mass is 401 g/mol. The first-order valence-corrected chi connectivity index (χ1v) is 10.2. The molecule has 5 heteroatoms. The summed E-state index contributed by atoms with van der Waals surface area (Å²) in [6.07, 6.45) is 1.96. The van der Waals surface area contributed by atoms with Gasteiger partial charge < -0.3 is 9.88 Å². The Bertz CT molecular complexity index is 1150. The quantitative estimate of drug-likeness (QED) is 0.465. The predicted octanol–water partition coefficient (Wildman–Crippen LogP) is 5.16. The van der Waals surface area contributed by atoms with Crippen LogP contribution in [0.1, 0.15) is 23.9 Å². The number of para-hydroxylation sites is 2. The third kappa shape index (κ3) is 4.57. The molecule has 3 aromatic carbocycles. The van der Waals surface area contributed by atoms with Crippen molar-refractivity contribution in [1.82, 2.24) is 9.55 Å². The molecule has 1 amide bonds. The lowest BCUT2D eigenvalue weighted by molar-refractivity contribution is -0.115. The van der Waals surface area contributed by atoms with Gasteiger partial charge in [-0.3, -0.25) is 4.79 Å². The van der Waals surface area contributed by atoms with Gasteiger partial charge >= 0.3 is 0 Å². The van der Waals surface area contributed by atoms with Gasteiger partial charge in [0.2, 0.25) is 5.91 Å². The van der Waals surface area contributed by atoms with E-state index >= 15 is 0 Å². The maximum atomic E-state index is 13.0. The van der Waals surface area contributed by atoms with Gasteiger partial charge in [0.1, 0.15) is 11.6 Å². The number of nitrogens with one attached hydrogen (secondary N) is 1. The van der Waals surface area contributed by atoms with E-state index in [1.807, 2.05) is 36.4 Å². The second-order valence-electron chi connectivity index (χ2n) is 7.31. The number of hydrogen-bond donors (Lipinski definition) is 1. The summed E-state index contributed by atoms with van der Waals surface area (Å²) in [6, 6.07) is 22.1. The van der Waals surface area contributed by atoms with Gasteiger partial charge in [-0.2, -0.15) is 0 Å². The van der Waals surface area contributed by atoms with Gasteiger partial charge in [-0.25, -0.2) is 9.37 Å². The summed E-state index contributed by atoms with van der Waals surface area (Å²) in [6.45, 7) is 3.04. The van der Waals surface area contributed by atoms with Crippen LogP contribution in [0.15, 0.2) is 72.8 Å². The average Bonchev–Trinajstić information content (AvgIpc) is 3.12. The number of nitrogens with zero attached hydrogens (tertiary/aromatic N) is 2. The predicted molar refractivity (Wildman–Crippen MR) is 118 cm³/mol. The summed E-state index contributed by atoms with van der Waals surface area (Å²) >= 11 is 0. The first-order chi connectivity index (χ1) is 14.6. The molecular weight excluding hydrogens is 377 g/mol. The minimum atomic E-state index is -0.302. The molecule has 0 aliphatic carbocycles. The Balaban J connectivity index is 1.36. The summed E-state index contributed by atoms with van der Waals surface area (Å²) in [7, 11) is 0. The zero-order valence-electron chi connectivity index (χ0n) is 16.9. The molecule has 4 aromatic rings. The van der Waals surface area contributed by atoms with Crippen LogP contribution in [0.2, 0.25) is 0 Å². The standard InChI is InChI=1S/C25H24FN3O/c1-2-29-23-6-4-3-5-22(23)28-24(29)16-11-18-9-14-21(15-10-18)27-25(30)17-19-7-12-20(26)13-8-19/h3-10,12-15H,2,11,16-17H2,1H3,(H,27,30). The van der Waals surface area contributed by atoms with Crippen LogP contribution in [0.4, 0.5) is 10.1 Å². The molecule has 0 aliphatic heterocycles. The molecule has 0 fully saturated rings.